The molecule has 25 heavy (non-hydrogen) atoms. The van der Waals surface area contributed by atoms with Crippen LogP contribution in [0.2, 0.25) is 0 Å². The molecule has 0 aliphatic carbocycles. The van der Waals surface area contributed by atoms with Gasteiger partial charge in [0.05, 0.1) is 12.3 Å². The molecule has 3 heterocycles. The van der Waals surface area contributed by atoms with E-state index < -0.39 is 10.0 Å². The molecule has 2 fully saturated rings. The standard InChI is InChI=1S/C17H31N5O2S/c1-3-13-25(23,24)21-11-7-15(8-12-21)17-19-18-16(22(17)4-2)14-20-9-5-6-10-20/h15H,3-14H2,1-2H3. The lowest BCUT2D eigenvalue weighted by Crippen LogP contribution is -2.39. The molecule has 0 unspecified atom stereocenters. The van der Waals surface area contributed by atoms with Gasteiger partial charge in [-0.1, -0.05) is 6.92 Å². The van der Waals surface area contributed by atoms with Crippen LogP contribution in [0.1, 0.15) is 63.5 Å². The average molecular weight is 370 g/mol. The number of aromatic nitrogens is 3. The van der Waals surface area contributed by atoms with Crippen molar-refractivity contribution >= 4 is 10.0 Å². The van der Waals surface area contributed by atoms with Crippen molar-refractivity contribution in [3.8, 4) is 0 Å². The minimum atomic E-state index is -3.08. The van der Waals surface area contributed by atoms with E-state index in [1.54, 1.807) is 4.31 Å². The maximum absolute atomic E-state index is 12.2. The van der Waals surface area contributed by atoms with Crippen LogP contribution in [0, 0.1) is 0 Å². The molecule has 8 heteroatoms. The zero-order valence-corrected chi connectivity index (χ0v) is 16.3. The van der Waals surface area contributed by atoms with Gasteiger partial charge >= 0.3 is 0 Å². The van der Waals surface area contributed by atoms with Crippen molar-refractivity contribution in [3.05, 3.63) is 11.6 Å². The summed E-state index contributed by atoms with van der Waals surface area (Å²) in [6.07, 6.45) is 4.90. The van der Waals surface area contributed by atoms with Gasteiger partial charge < -0.3 is 4.57 Å². The van der Waals surface area contributed by atoms with E-state index in [4.69, 9.17) is 0 Å². The fraction of sp³-hybridized carbons (Fsp3) is 0.882. The molecule has 3 rings (SSSR count). The van der Waals surface area contributed by atoms with E-state index in [2.05, 4.69) is 26.6 Å². The number of hydrogen-bond acceptors (Lipinski definition) is 5. The molecule has 1 aromatic heterocycles. The van der Waals surface area contributed by atoms with Crippen molar-refractivity contribution in [1.82, 2.24) is 24.0 Å². The highest BCUT2D eigenvalue weighted by molar-refractivity contribution is 7.89. The number of nitrogens with zero attached hydrogens (tertiary/aromatic N) is 5. The normalized spacial score (nSPS) is 21.2. The molecule has 0 amide bonds. The van der Waals surface area contributed by atoms with Crippen molar-refractivity contribution < 1.29 is 8.42 Å². The molecule has 0 aromatic carbocycles. The maximum Gasteiger partial charge on any atom is 0.214 e. The zero-order chi connectivity index (χ0) is 17.9. The van der Waals surface area contributed by atoms with Gasteiger partial charge in [-0.25, -0.2) is 12.7 Å². The third-order valence-corrected chi connectivity index (χ3v) is 7.49. The van der Waals surface area contributed by atoms with Gasteiger partial charge in [-0.3, -0.25) is 4.90 Å². The van der Waals surface area contributed by atoms with Crippen molar-refractivity contribution in [1.29, 1.82) is 0 Å². The molecule has 2 aliphatic heterocycles. The summed E-state index contributed by atoms with van der Waals surface area (Å²) in [5.74, 6) is 2.67. The minimum absolute atomic E-state index is 0.253. The van der Waals surface area contributed by atoms with E-state index in [1.807, 2.05) is 6.92 Å². The molecule has 142 valence electrons. The lowest BCUT2D eigenvalue weighted by molar-refractivity contribution is 0.303. The molecule has 0 bridgehead atoms. The summed E-state index contributed by atoms with van der Waals surface area (Å²) < 4.78 is 28.4. The van der Waals surface area contributed by atoms with E-state index in [1.165, 1.54) is 12.8 Å². The van der Waals surface area contributed by atoms with Crippen LogP contribution in [-0.4, -0.2) is 64.3 Å². The van der Waals surface area contributed by atoms with Crippen LogP contribution >= 0.6 is 0 Å². The first kappa shape index (κ1) is 18.8. The third kappa shape index (κ3) is 4.23. The Morgan fingerprint density at radius 3 is 2.32 bits per heavy atom. The Hall–Kier alpha value is -0.990. The molecule has 0 N–H and O–H groups in total. The molecule has 1 aromatic rings. The predicted molar refractivity (Wildman–Crippen MR) is 97.8 cm³/mol. The molecule has 0 atom stereocenters. The van der Waals surface area contributed by atoms with Crippen LogP contribution in [0.5, 0.6) is 0 Å². The lowest BCUT2D eigenvalue weighted by Gasteiger charge is -2.31. The van der Waals surface area contributed by atoms with E-state index >= 15 is 0 Å². The van der Waals surface area contributed by atoms with Crippen LogP contribution in [0.3, 0.4) is 0 Å². The molecule has 2 aliphatic rings. The Morgan fingerprint density at radius 2 is 1.72 bits per heavy atom. The van der Waals surface area contributed by atoms with Gasteiger partial charge in [-0.2, -0.15) is 0 Å². The van der Waals surface area contributed by atoms with Gasteiger partial charge in [0.1, 0.15) is 11.6 Å². The predicted octanol–water partition coefficient (Wildman–Crippen LogP) is 1.81. The van der Waals surface area contributed by atoms with Gasteiger partial charge in [-0.15, -0.1) is 10.2 Å². The van der Waals surface area contributed by atoms with Crippen molar-refractivity contribution in [2.24, 2.45) is 0 Å². The number of rotatable bonds is 7. The molecule has 2 saturated heterocycles. The molecule has 0 radical (unpaired) electrons. The SMILES string of the molecule is CCCS(=O)(=O)N1CCC(c2nnc(CN3CCCC3)n2CC)CC1. The van der Waals surface area contributed by atoms with E-state index in [9.17, 15) is 8.42 Å². The summed E-state index contributed by atoms with van der Waals surface area (Å²) >= 11 is 0. The third-order valence-electron chi connectivity index (χ3n) is 5.41. The fourth-order valence-corrected chi connectivity index (χ4v) is 5.57. The molecule has 0 spiro atoms. The molecule has 0 saturated carbocycles. The van der Waals surface area contributed by atoms with E-state index in [-0.39, 0.29) is 5.75 Å². The summed E-state index contributed by atoms with van der Waals surface area (Å²) in [5.41, 5.74) is 0. The number of hydrogen-bond donors (Lipinski definition) is 0. The fourth-order valence-electron chi connectivity index (χ4n) is 4.03. The summed E-state index contributed by atoms with van der Waals surface area (Å²) in [7, 11) is -3.08. The minimum Gasteiger partial charge on any atom is -0.314 e. The highest BCUT2D eigenvalue weighted by atomic mass is 32.2. The average Bonchev–Trinajstić information content (AvgIpc) is 3.25. The second-order valence-corrected chi connectivity index (χ2v) is 9.28. The zero-order valence-electron chi connectivity index (χ0n) is 15.5. The lowest BCUT2D eigenvalue weighted by atomic mass is 9.97. The van der Waals surface area contributed by atoms with Crippen LogP contribution in [0.25, 0.3) is 0 Å². The monoisotopic (exact) mass is 369 g/mol. The Labute approximate surface area is 151 Å². The summed E-state index contributed by atoms with van der Waals surface area (Å²) in [4.78, 5) is 2.44. The Bertz CT molecular complexity index is 659. The molecular formula is C17H31N5O2S. The van der Waals surface area contributed by atoms with E-state index in [0.717, 1.165) is 50.7 Å². The number of piperidine rings is 1. The first-order valence-electron chi connectivity index (χ1n) is 9.67. The molecule has 7 nitrogen and oxygen atoms in total. The van der Waals surface area contributed by atoms with Crippen LogP contribution in [0.15, 0.2) is 0 Å². The number of likely N-dealkylation sites (tertiary alicyclic amines) is 1. The summed E-state index contributed by atoms with van der Waals surface area (Å²) in [5, 5.41) is 8.96. The largest absolute Gasteiger partial charge is 0.314 e. The second-order valence-electron chi connectivity index (χ2n) is 7.19. The van der Waals surface area contributed by atoms with Gasteiger partial charge in [-0.05, 0) is 52.1 Å². The Morgan fingerprint density at radius 1 is 1.04 bits per heavy atom. The van der Waals surface area contributed by atoms with E-state index in [0.29, 0.717) is 25.4 Å². The quantitative estimate of drug-likeness (QED) is 0.733. The maximum atomic E-state index is 12.2. The van der Waals surface area contributed by atoms with Crippen LogP contribution in [-0.2, 0) is 23.1 Å². The Kier molecular flexibility index (Phi) is 6.12. The van der Waals surface area contributed by atoms with Gasteiger partial charge in [0, 0.05) is 25.6 Å². The topological polar surface area (TPSA) is 71.3 Å². The van der Waals surface area contributed by atoms with Crippen LogP contribution in [0.4, 0.5) is 0 Å². The van der Waals surface area contributed by atoms with Crippen molar-refractivity contribution in [3.63, 3.8) is 0 Å². The van der Waals surface area contributed by atoms with Crippen LogP contribution < -0.4 is 0 Å². The van der Waals surface area contributed by atoms with Crippen molar-refractivity contribution in [2.75, 3.05) is 31.9 Å². The summed E-state index contributed by atoms with van der Waals surface area (Å²) in [6, 6.07) is 0. The summed E-state index contributed by atoms with van der Waals surface area (Å²) in [6.45, 7) is 9.32. The smallest absolute Gasteiger partial charge is 0.214 e. The first-order chi connectivity index (χ1) is 12.0. The second kappa shape index (κ2) is 8.14. The van der Waals surface area contributed by atoms with Gasteiger partial charge in [0.25, 0.3) is 0 Å². The highest BCUT2D eigenvalue weighted by Crippen LogP contribution is 2.29. The van der Waals surface area contributed by atoms with Crippen molar-refractivity contribution in [2.45, 2.75) is 65.0 Å². The van der Waals surface area contributed by atoms with Gasteiger partial charge in [0.15, 0.2) is 0 Å². The first-order valence-corrected chi connectivity index (χ1v) is 11.3. The van der Waals surface area contributed by atoms with Gasteiger partial charge in [0.2, 0.25) is 10.0 Å². The number of sulfonamides is 1. The Balaban J connectivity index is 1.66. The molecular weight excluding hydrogens is 338 g/mol. The highest BCUT2D eigenvalue weighted by Gasteiger charge is 2.31.